The highest BCUT2D eigenvalue weighted by Crippen LogP contribution is 2.32. The van der Waals surface area contributed by atoms with Gasteiger partial charge in [0.25, 0.3) is 0 Å². The van der Waals surface area contributed by atoms with Gasteiger partial charge < -0.3 is 25.4 Å². The smallest absolute Gasteiger partial charge is 0.246 e. The zero-order valence-corrected chi connectivity index (χ0v) is 18.4. The van der Waals surface area contributed by atoms with Gasteiger partial charge in [-0.2, -0.15) is 0 Å². The summed E-state index contributed by atoms with van der Waals surface area (Å²) in [7, 11) is 0. The molecule has 0 fully saturated rings. The van der Waals surface area contributed by atoms with Gasteiger partial charge in [0.1, 0.15) is 12.4 Å². The van der Waals surface area contributed by atoms with Crippen molar-refractivity contribution in [3.63, 3.8) is 0 Å². The first-order valence-electron chi connectivity index (χ1n) is 9.10. The second-order valence-electron chi connectivity index (χ2n) is 6.12. The number of halogens is 2. The molecule has 0 atom stereocenters. The van der Waals surface area contributed by atoms with E-state index in [0.29, 0.717) is 24.7 Å². The average Bonchev–Trinajstić information content (AvgIpc) is 3.14. The molecule has 1 amide bonds. The number of carbonyl (C=O) groups is 1. The molecule has 1 aliphatic rings. The molecule has 0 bridgehead atoms. The molecule has 0 spiro atoms. The quantitative estimate of drug-likeness (QED) is 0.301. The lowest BCUT2D eigenvalue weighted by Crippen LogP contribution is -2.39. The number of amides is 1. The lowest BCUT2D eigenvalue weighted by atomic mass is 10.1. The summed E-state index contributed by atoms with van der Waals surface area (Å²) in [5.41, 5.74) is 1.51. The van der Waals surface area contributed by atoms with Crippen LogP contribution in [0.4, 0.5) is 10.1 Å². The monoisotopic (exact) mass is 514 g/mol. The summed E-state index contributed by atoms with van der Waals surface area (Å²) < 4.78 is 23.9. The molecule has 0 aromatic heterocycles. The molecule has 29 heavy (non-hydrogen) atoms. The van der Waals surface area contributed by atoms with E-state index in [-0.39, 0.29) is 43.2 Å². The SMILES string of the molecule is CCNC(=NCC(=O)Nc1cccc(F)c1)NCCc1ccc2c(c1)OCO2.I. The first-order valence-corrected chi connectivity index (χ1v) is 9.10. The number of ether oxygens (including phenoxy) is 2. The highest BCUT2D eigenvalue weighted by Gasteiger charge is 2.13. The predicted octanol–water partition coefficient (Wildman–Crippen LogP) is 2.91. The first-order chi connectivity index (χ1) is 13.6. The van der Waals surface area contributed by atoms with Crippen LogP contribution in [0.25, 0.3) is 0 Å². The number of benzene rings is 2. The van der Waals surface area contributed by atoms with Crippen LogP contribution in [0.5, 0.6) is 11.5 Å². The molecule has 3 rings (SSSR count). The molecule has 156 valence electrons. The Morgan fingerprint density at radius 1 is 1.14 bits per heavy atom. The number of nitrogens with zero attached hydrogens (tertiary/aromatic N) is 1. The second kappa shape index (κ2) is 11.4. The molecule has 0 radical (unpaired) electrons. The zero-order chi connectivity index (χ0) is 19.8. The maximum absolute atomic E-state index is 13.2. The number of carbonyl (C=O) groups excluding carboxylic acids is 1. The fourth-order valence-corrected chi connectivity index (χ4v) is 2.68. The Morgan fingerprint density at radius 2 is 1.97 bits per heavy atom. The summed E-state index contributed by atoms with van der Waals surface area (Å²) in [6.07, 6.45) is 0.760. The second-order valence-corrected chi connectivity index (χ2v) is 6.12. The third-order valence-electron chi connectivity index (χ3n) is 3.98. The van der Waals surface area contributed by atoms with Gasteiger partial charge >= 0.3 is 0 Å². The number of rotatable bonds is 7. The maximum atomic E-state index is 13.2. The van der Waals surface area contributed by atoms with Crippen molar-refractivity contribution in [1.29, 1.82) is 0 Å². The van der Waals surface area contributed by atoms with Gasteiger partial charge in [0.15, 0.2) is 17.5 Å². The Kier molecular flexibility index (Phi) is 8.97. The summed E-state index contributed by atoms with van der Waals surface area (Å²) in [6.45, 7) is 3.43. The summed E-state index contributed by atoms with van der Waals surface area (Å²) in [6, 6.07) is 11.6. The van der Waals surface area contributed by atoms with Crippen LogP contribution in [-0.2, 0) is 11.2 Å². The third kappa shape index (κ3) is 7.08. The minimum atomic E-state index is -0.403. The Morgan fingerprint density at radius 3 is 2.76 bits per heavy atom. The molecule has 0 saturated carbocycles. The number of nitrogens with one attached hydrogen (secondary N) is 3. The first kappa shape index (κ1) is 22.7. The minimum absolute atomic E-state index is 0. The van der Waals surface area contributed by atoms with Crippen LogP contribution >= 0.6 is 24.0 Å². The Balaban J connectivity index is 0.00000300. The van der Waals surface area contributed by atoms with Crippen LogP contribution in [0.2, 0.25) is 0 Å². The number of hydrogen-bond acceptors (Lipinski definition) is 4. The fourth-order valence-electron chi connectivity index (χ4n) is 2.68. The van der Waals surface area contributed by atoms with Crippen molar-refractivity contribution >= 4 is 41.5 Å². The number of aliphatic imine (C=N–C) groups is 1. The maximum Gasteiger partial charge on any atom is 0.246 e. The summed E-state index contributed by atoms with van der Waals surface area (Å²) in [4.78, 5) is 16.3. The number of hydrogen-bond donors (Lipinski definition) is 3. The molecule has 1 aliphatic heterocycles. The van der Waals surface area contributed by atoms with E-state index in [4.69, 9.17) is 9.47 Å². The van der Waals surface area contributed by atoms with E-state index in [1.54, 1.807) is 6.07 Å². The zero-order valence-electron chi connectivity index (χ0n) is 16.0. The van der Waals surface area contributed by atoms with Gasteiger partial charge in [-0.1, -0.05) is 12.1 Å². The van der Waals surface area contributed by atoms with Gasteiger partial charge in [-0.3, -0.25) is 4.79 Å². The van der Waals surface area contributed by atoms with Crippen LogP contribution in [-0.4, -0.2) is 38.3 Å². The summed E-state index contributed by atoms with van der Waals surface area (Å²) >= 11 is 0. The van der Waals surface area contributed by atoms with E-state index in [0.717, 1.165) is 23.5 Å². The van der Waals surface area contributed by atoms with Crippen LogP contribution in [0.15, 0.2) is 47.5 Å². The van der Waals surface area contributed by atoms with Gasteiger partial charge in [-0.25, -0.2) is 9.38 Å². The molecule has 3 N–H and O–H groups in total. The molecular formula is C20H24FIN4O3. The molecular weight excluding hydrogens is 490 g/mol. The number of guanidine groups is 1. The van der Waals surface area contributed by atoms with Crippen LogP contribution in [0.1, 0.15) is 12.5 Å². The Bertz CT molecular complexity index is 863. The lowest BCUT2D eigenvalue weighted by molar-refractivity contribution is -0.114. The molecule has 0 aliphatic carbocycles. The van der Waals surface area contributed by atoms with Crippen LogP contribution in [0, 0.1) is 5.82 Å². The van der Waals surface area contributed by atoms with E-state index in [1.807, 2.05) is 25.1 Å². The van der Waals surface area contributed by atoms with E-state index in [2.05, 4.69) is 20.9 Å². The molecule has 0 saturated heterocycles. The Hall–Kier alpha value is -2.56. The topological polar surface area (TPSA) is 84.0 Å². The van der Waals surface area contributed by atoms with Crippen LogP contribution in [0.3, 0.4) is 0 Å². The third-order valence-corrected chi connectivity index (χ3v) is 3.98. The van der Waals surface area contributed by atoms with Crippen LogP contribution < -0.4 is 25.4 Å². The minimum Gasteiger partial charge on any atom is -0.454 e. The van der Waals surface area contributed by atoms with Gasteiger partial charge in [0, 0.05) is 18.8 Å². The molecule has 2 aromatic carbocycles. The Labute approximate surface area is 186 Å². The van der Waals surface area contributed by atoms with Crippen molar-refractivity contribution in [2.75, 3.05) is 31.7 Å². The largest absolute Gasteiger partial charge is 0.454 e. The van der Waals surface area contributed by atoms with Gasteiger partial charge in [-0.15, -0.1) is 24.0 Å². The van der Waals surface area contributed by atoms with E-state index in [9.17, 15) is 9.18 Å². The predicted molar refractivity (Wildman–Crippen MR) is 121 cm³/mol. The summed E-state index contributed by atoms with van der Waals surface area (Å²) in [5, 5.41) is 8.90. The molecule has 0 unspecified atom stereocenters. The normalized spacial score (nSPS) is 12.1. The van der Waals surface area contributed by atoms with E-state index < -0.39 is 5.82 Å². The number of fused-ring (bicyclic) bond motifs is 1. The molecule has 9 heteroatoms. The van der Waals surface area contributed by atoms with Gasteiger partial charge in [0.2, 0.25) is 12.7 Å². The van der Waals surface area contributed by atoms with Crippen molar-refractivity contribution in [1.82, 2.24) is 10.6 Å². The highest BCUT2D eigenvalue weighted by atomic mass is 127. The highest BCUT2D eigenvalue weighted by molar-refractivity contribution is 14.0. The molecule has 1 heterocycles. The van der Waals surface area contributed by atoms with Crippen molar-refractivity contribution < 1.29 is 18.7 Å². The average molecular weight is 514 g/mol. The van der Waals surface area contributed by atoms with Crippen molar-refractivity contribution in [2.24, 2.45) is 4.99 Å². The van der Waals surface area contributed by atoms with E-state index >= 15 is 0 Å². The van der Waals surface area contributed by atoms with Gasteiger partial charge in [0.05, 0.1) is 0 Å². The standard InChI is InChI=1S/C20H23FN4O3.HI/c1-2-22-20(24-12-19(26)25-16-5-3-4-15(21)11-16)23-9-8-14-6-7-17-18(10-14)28-13-27-17;/h3-7,10-11H,2,8-9,12-13H2,1H3,(H,25,26)(H2,22,23,24);1H. The van der Waals surface area contributed by atoms with Crippen molar-refractivity contribution in [3.05, 3.63) is 53.8 Å². The lowest BCUT2D eigenvalue weighted by Gasteiger charge is -2.11. The fraction of sp³-hybridized carbons (Fsp3) is 0.300. The molecule has 2 aromatic rings. The van der Waals surface area contributed by atoms with Crippen molar-refractivity contribution in [2.45, 2.75) is 13.3 Å². The van der Waals surface area contributed by atoms with Gasteiger partial charge in [-0.05, 0) is 49.2 Å². The molecule has 7 nitrogen and oxygen atoms in total. The summed E-state index contributed by atoms with van der Waals surface area (Å²) in [5.74, 6) is 1.33. The van der Waals surface area contributed by atoms with E-state index in [1.165, 1.54) is 18.2 Å². The van der Waals surface area contributed by atoms with Crippen molar-refractivity contribution in [3.8, 4) is 11.5 Å². The number of anilines is 1.